The minimum Gasteiger partial charge on any atom is -0.397 e. The summed E-state index contributed by atoms with van der Waals surface area (Å²) < 4.78 is 1.99. The maximum Gasteiger partial charge on any atom is 0.143 e. The van der Waals surface area contributed by atoms with E-state index in [1.807, 2.05) is 30.7 Å². The van der Waals surface area contributed by atoms with Crippen LogP contribution in [0.3, 0.4) is 0 Å². The second-order valence-electron chi connectivity index (χ2n) is 4.84. The van der Waals surface area contributed by atoms with Crippen LogP contribution < -0.4 is 5.73 Å². The average molecular weight is 306 g/mol. The largest absolute Gasteiger partial charge is 0.397 e. The normalized spacial score (nSPS) is 11.2. The Kier molecular flexibility index (Phi) is 3.11. The monoisotopic (exact) mass is 305 g/mol. The molecule has 0 fully saturated rings. The fraction of sp³-hybridized carbons (Fsp3) is 0.133. The van der Waals surface area contributed by atoms with E-state index < -0.39 is 0 Å². The Hall–Kier alpha value is -1.71. The van der Waals surface area contributed by atoms with Crippen LogP contribution in [0.25, 0.3) is 22.4 Å². The number of anilines is 1. The number of nitrogens with two attached hydrogens (primary N) is 1. The quantitative estimate of drug-likeness (QED) is 0.676. The third-order valence-electron chi connectivity index (χ3n) is 3.37. The molecule has 0 spiro atoms. The van der Waals surface area contributed by atoms with Crippen LogP contribution in [0, 0.1) is 6.92 Å². The van der Waals surface area contributed by atoms with Gasteiger partial charge in [-0.1, -0.05) is 29.3 Å². The minimum absolute atomic E-state index is 0.440. The molecule has 0 aliphatic carbocycles. The molecule has 102 valence electrons. The van der Waals surface area contributed by atoms with E-state index in [1.165, 1.54) is 5.56 Å². The van der Waals surface area contributed by atoms with Crippen LogP contribution in [-0.4, -0.2) is 9.55 Å². The lowest BCUT2D eigenvalue weighted by atomic mass is 10.1. The summed E-state index contributed by atoms with van der Waals surface area (Å²) in [4.78, 5) is 4.65. The molecule has 3 nitrogen and oxygen atoms in total. The van der Waals surface area contributed by atoms with Crippen molar-refractivity contribution in [1.82, 2.24) is 9.55 Å². The summed E-state index contributed by atoms with van der Waals surface area (Å²) in [5.41, 5.74) is 10.4. The van der Waals surface area contributed by atoms with Gasteiger partial charge in [0.15, 0.2) is 0 Å². The molecule has 2 aromatic carbocycles. The molecule has 5 heteroatoms. The van der Waals surface area contributed by atoms with Crippen molar-refractivity contribution in [3.63, 3.8) is 0 Å². The zero-order valence-corrected chi connectivity index (χ0v) is 12.6. The van der Waals surface area contributed by atoms with E-state index in [1.54, 1.807) is 12.1 Å². The molecule has 20 heavy (non-hydrogen) atoms. The lowest BCUT2D eigenvalue weighted by Crippen LogP contribution is -1.97. The molecule has 0 saturated heterocycles. The molecule has 0 bridgehead atoms. The molecule has 0 atom stereocenters. The molecule has 1 aromatic heterocycles. The molecule has 0 aliphatic rings. The summed E-state index contributed by atoms with van der Waals surface area (Å²) in [5, 5.41) is 0.984. The second-order valence-corrected chi connectivity index (χ2v) is 5.68. The SMILES string of the molecule is Cc1ccc2c(c1)nc(-c1cc(Cl)cc(Cl)c1N)n2C. The van der Waals surface area contributed by atoms with Crippen molar-refractivity contribution in [1.29, 1.82) is 0 Å². The Morgan fingerprint density at radius 2 is 1.90 bits per heavy atom. The highest BCUT2D eigenvalue weighted by molar-refractivity contribution is 6.37. The van der Waals surface area contributed by atoms with Crippen molar-refractivity contribution in [2.45, 2.75) is 6.92 Å². The van der Waals surface area contributed by atoms with Crippen LogP contribution in [0.5, 0.6) is 0 Å². The Balaban J connectivity index is 2.32. The molecule has 3 aromatic rings. The molecular formula is C15H13Cl2N3. The third kappa shape index (κ3) is 2.03. The topological polar surface area (TPSA) is 43.8 Å². The zero-order valence-electron chi connectivity index (χ0n) is 11.1. The molecule has 0 saturated carbocycles. The van der Waals surface area contributed by atoms with Crippen molar-refractivity contribution < 1.29 is 0 Å². The number of hydrogen-bond donors (Lipinski definition) is 1. The number of nitrogens with zero attached hydrogens (tertiary/aromatic N) is 2. The molecule has 0 aliphatic heterocycles. The third-order valence-corrected chi connectivity index (χ3v) is 3.90. The number of hydrogen-bond acceptors (Lipinski definition) is 2. The van der Waals surface area contributed by atoms with Gasteiger partial charge < -0.3 is 10.3 Å². The van der Waals surface area contributed by atoms with Crippen LogP contribution >= 0.6 is 23.2 Å². The lowest BCUT2D eigenvalue weighted by Gasteiger charge is -2.08. The molecule has 0 amide bonds. The Morgan fingerprint density at radius 3 is 2.65 bits per heavy atom. The van der Waals surface area contributed by atoms with Crippen LogP contribution in [0.1, 0.15) is 5.56 Å². The van der Waals surface area contributed by atoms with Gasteiger partial charge in [-0.05, 0) is 36.8 Å². The number of nitrogen functional groups attached to an aromatic ring is 1. The lowest BCUT2D eigenvalue weighted by molar-refractivity contribution is 0.960. The van der Waals surface area contributed by atoms with Gasteiger partial charge in [0.2, 0.25) is 0 Å². The number of aryl methyl sites for hydroxylation is 2. The first-order valence-corrected chi connectivity index (χ1v) is 6.91. The van der Waals surface area contributed by atoms with Crippen molar-refractivity contribution in [2.24, 2.45) is 7.05 Å². The first-order chi connectivity index (χ1) is 9.47. The molecule has 2 N–H and O–H groups in total. The molecule has 0 unspecified atom stereocenters. The first kappa shape index (κ1) is 13.3. The van der Waals surface area contributed by atoms with Gasteiger partial charge in [-0.3, -0.25) is 0 Å². The van der Waals surface area contributed by atoms with E-state index in [-0.39, 0.29) is 0 Å². The second kappa shape index (κ2) is 4.69. The summed E-state index contributed by atoms with van der Waals surface area (Å²) in [5.74, 6) is 0.757. The number of fused-ring (bicyclic) bond motifs is 1. The van der Waals surface area contributed by atoms with Gasteiger partial charge in [0.1, 0.15) is 5.82 Å². The minimum atomic E-state index is 0.440. The summed E-state index contributed by atoms with van der Waals surface area (Å²) in [6.45, 7) is 2.04. The standard InChI is InChI=1S/C15H13Cl2N3/c1-8-3-4-13-12(5-8)19-15(20(13)2)10-6-9(16)7-11(17)14(10)18/h3-7H,18H2,1-2H3. The predicted molar refractivity (Wildman–Crippen MR) is 85.3 cm³/mol. The Labute approximate surface area is 126 Å². The Morgan fingerprint density at radius 1 is 1.15 bits per heavy atom. The van der Waals surface area contributed by atoms with Crippen LogP contribution in [0.2, 0.25) is 10.0 Å². The van der Waals surface area contributed by atoms with Crippen molar-refractivity contribution in [2.75, 3.05) is 5.73 Å². The van der Waals surface area contributed by atoms with Gasteiger partial charge in [0, 0.05) is 17.6 Å². The fourth-order valence-electron chi connectivity index (χ4n) is 2.32. The molecule has 0 radical (unpaired) electrons. The number of halogens is 2. The fourth-order valence-corrected chi connectivity index (χ4v) is 2.81. The zero-order chi connectivity index (χ0) is 14.4. The van der Waals surface area contributed by atoms with Gasteiger partial charge in [0.05, 0.1) is 21.7 Å². The van der Waals surface area contributed by atoms with E-state index in [9.17, 15) is 0 Å². The summed E-state index contributed by atoms with van der Waals surface area (Å²) in [6, 6.07) is 9.57. The molecular weight excluding hydrogens is 293 g/mol. The summed E-state index contributed by atoms with van der Waals surface area (Å²) in [6.07, 6.45) is 0. The smallest absolute Gasteiger partial charge is 0.143 e. The first-order valence-electron chi connectivity index (χ1n) is 6.15. The van der Waals surface area contributed by atoms with Crippen LogP contribution in [-0.2, 0) is 7.05 Å². The summed E-state index contributed by atoms with van der Waals surface area (Å²) in [7, 11) is 1.95. The highest BCUT2D eigenvalue weighted by Gasteiger charge is 2.15. The molecule has 1 heterocycles. The number of rotatable bonds is 1. The van der Waals surface area contributed by atoms with Crippen LogP contribution in [0.15, 0.2) is 30.3 Å². The number of benzene rings is 2. The van der Waals surface area contributed by atoms with Crippen LogP contribution in [0.4, 0.5) is 5.69 Å². The average Bonchev–Trinajstić information content (AvgIpc) is 2.70. The highest BCUT2D eigenvalue weighted by Crippen LogP contribution is 2.35. The summed E-state index contributed by atoms with van der Waals surface area (Å²) >= 11 is 12.2. The van der Waals surface area contributed by atoms with E-state index in [2.05, 4.69) is 11.1 Å². The predicted octanol–water partition coefficient (Wildman–Crippen LogP) is 4.44. The van der Waals surface area contributed by atoms with E-state index in [4.69, 9.17) is 28.9 Å². The maximum atomic E-state index is 6.10. The van der Waals surface area contributed by atoms with Gasteiger partial charge in [-0.15, -0.1) is 0 Å². The van der Waals surface area contributed by atoms with Gasteiger partial charge >= 0.3 is 0 Å². The van der Waals surface area contributed by atoms with E-state index in [0.29, 0.717) is 15.7 Å². The van der Waals surface area contributed by atoms with Gasteiger partial charge in [0.25, 0.3) is 0 Å². The number of imidazole rings is 1. The highest BCUT2D eigenvalue weighted by atomic mass is 35.5. The number of aromatic nitrogens is 2. The van der Waals surface area contributed by atoms with Crippen molar-refractivity contribution >= 4 is 39.9 Å². The van der Waals surface area contributed by atoms with Crippen molar-refractivity contribution in [3.8, 4) is 11.4 Å². The van der Waals surface area contributed by atoms with Gasteiger partial charge in [-0.2, -0.15) is 0 Å². The maximum absolute atomic E-state index is 6.10. The van der Waals surface area contributed by atoms with E-state index in [0.717, 1.165) is 22.4 Å². The molecule has 3 rings (SSSR count). The Bertz CT molecular complexity index is 822. The van der Waals surface area contributed by atoms with Crippen molar-refractivity contribution in [3.05, 3.63) is 45.9 Å². The van der Waals surface area contributed by atoms with E-state index >= 15 is 0 Å². The van der Waals surface area contributed by atoms with Gasteiger partial charge in [-0.25, -0.2) is 4.98 Å².